The van der Waals surface area contributed by atoms with Crippen LogP contribution in [0.25, 0.3) is 0 Å². The van der Waals surface area contributed by atoms with E-state index in [1.54, 1.807) is 17.8 Å². The van der Waals surface area contributed by atoms with Crippen LogP contribution in [0.2, 0.25) is 0 Å². The average Bonchev–Trinajstić information content (AvgIpc) is 2.37. The summed E-state index contributed by atoms with van der Waals surface area (Å²) < 4.78 is 25.5. The molecule has 0 saturated carbocycles. The molecule has 0 aromatic heterocycles. The fourth-order valence-electron chi connectivity index (χ4n) is 2.33. The van der Waals surface area contributed by atoms with Crippen molar-refractivity contribution in [3.8, 4) is 0 Å². The predicted molar refractivity (Wildman–Crippen MR) is 81.3 cm³/mol. The predicted octanol–water partition coefficient (Wildman–Crippen LogP) is 4.42. The van der Waals surface area contributed by atoms with Gasteiger partial charge in [0.25, 0.3) is 0 Å². The van der Waals surface area contributed by atoms with Gasteiger partial charge in [0.1, 0.15) is 0 Å². The summed E-state index contributed by atoms with van der Waals surface area (Å²) in [6.45, 7) is 6.12. The molecule has 104 valence electrons. The first-order valence-electron chi connectivity index (χ1n) is 6.57. The van der Waals surface area contributed by atoms with Crippen molar-refractivity contribution >= 4 is 21.6 Å². The Bertz CT molecular complexity index is 790. The Morgan fingerprint density at radius 2 is 1.70 bits per heavy atom. The second kappa shape index (κ2) is 4.64. The lowest BCUT2D eigenvalue weighted by Gasteiger charge is -2.21. The number of rotatable bonds is 1. The van der Waals surface area contributed by atoms with Gasteiger partial charge >= 0.3 is 0 Å². The quantitative estimate of drug-likeness (QED) is 0.667. The van der Waals surface area contributed by atoms with Gasteiger partial charge in [-0.15, -0.1) is 0 Å². The molecule has 0 N–H and O–H groups in total. The van der Waals surface area contributed by atoms with Gasteiger partial charge in [-0.1, -0.05) is 37.7 Å². The van der Waals surface area contributed by atoms with E-state index in [1.165, 1.54) is 0 Å². The number of hydrogen-bond donors (Lipinski definition) is 0. The van der Waals surface area contributed by atoms with Gasteiger partial charge in [0.05, 0.1) is 9.79 Å². The number of sulfone groups is 1. The molecule has 0 unspecified atom stereocenters. The third-order valence-corrected chi connectivity index (χ3v) is 6.78. The van der Waals surface area contributed by atoms with Gasteiger partial charge in [-0.2, -0.15) is 0 Å². The molecule has 20 heavy (non-hydrogen) atoms. The second-order valence-electron chi connectivity index (χ2n) is 5.42. The normalized spacial score (nSPS) is 15.8. The third kappa shape index (κ3) is 2.07. The molecule has 0 spiro atoms. The van der Waals surface area contributed by atoms with Crippen LogP contribution in [0.15, 0.2) is 56.0 Å². The summed E-state index contributed by atoms with van der Waals surface area (Å²) in [4.78, 5) is 2.54. The Labute approximate surface area is 124 Å². The molecule has 0 radical (unpaired) electrons. The van der Waals surface area contributed by atoms with Gasteiger partial charge in [0.15, 0.2) is 0 Å². The van der Waals surface area contributed by atoms with E-state index in [9.17, 15) is 8.42 Å². The van der Waals surface area contributed by atoms with Crippen LogP contribution in [0, 0.1) is 6.92 Å². The molecular formula is C16H16O2S2. The Hall–Kier alpha value is -1.26. The van der Waals surface area contributed by atoms with Crippen LogP contribution in [0.3, 0.4) is 0 Å². The Morgan fingerprint density at radius 1 is 0.950 bits per heavy atom. The number of benzene rings is 2. The van der Waals surface area contributed by atoms with Crippen LogP contribution in [0.1, 0.15) is 30.9 Å². The van der Waals surface area contributed by atoms with Crippen molar-refractivity contribution in [1.82, 2.24) is 0 Å². The lowest BCUT2D eigenvalue weighted by Crippen LogP contribution is -2.10. The first-order chi connectivity index (χ1) is 9.39. The highest BCUT2D eigenvalue weighted by atomic mass is 32.2. The monoisotopic (exact) mass is 304 g/mol. The summed E-state index contributed by atoms with van der Waals surface area (Å²) >= 11 is 1.54. The zero-order valence-corrected chi connectivity index (χ0v) is 13.3. The summed E-state index contributed by atoms with van der Waals surface area (Å²) in [5.41, 5.74) is 2.14. The molecule has 2 aromatic carbocycles. The highest BCUT2D eigenvalue weighted by Gasteiger charge is 2.30. The lowest BCUT2D eigenvalue weighted by atomic mass is 10.0. The van der Waals surface area contributed by atoms with E-state index >= 15 is 0 Å². The largest absolute Gasteiger partial charge is 0.218 e. The van der Waals surface area contributed by atoms with Crippen molar-refractivity contribution < 1.29 is 8.42 Å². The van der Waals surface area contributed by atoms with Crippen molar-refractivity contribution in [2.75, 3.05) is 0 Å². The van der Waals surface area contributed by atoms with Crippen molar-refractivity contribution in [2.24, 2.45) is 0 Å². The van der Waals surface area contributed by atoms with E-state index in [0.717, 1.165) is 20.9 Å². The molecule has 2 aromatic rings. The van der Waals surface area contributed by atoms with Crippen molar-refractivity contribution in [2.45, 2.75) is 46.3 Å². The maximum Gasteiger partial charge on any atom is 0.208 e. The zero-order chi connectivity index (χ0) is 14.5. The van der Waals surface area contributed by atoms with Crippen LogP contribution < -0.4 is 0 Å². The Morgan fingerprint density at radius 3 is 2.40 bits per heavy atom. The summed E-state index contributed by atoms with van der Waals surface area (Å²) in [5, 5.41) is 0. The van der Waals surface area contributed by atoms with Crippen molar-refractivity contribution in [3.63, 3.8) is 0 Å². The van der Waals surface area contributed by atoms with E-state index in [0.29, 0.717) is 15.7 Å². The molecule has 1 heterocycles. The molecule has 0 fully saturated rings. The van der Waals surface area contributed by atoms with Crippen LogP contribution in [0.4, 0.5) is 0 Å². The SMILES string of the molecule is Cc1ccc2c(c1)Sc1ccc(C(C)C)cc1S2(=O)=O. The maximum absolute atomic E-state index is 12.8. The summed E-state index contributed by atoms with van der Waals surface area (Å²) in [6, 6.07) is 11.3. The fraction of sp³-hybridized carbons (Fsp3) is 0.250. The van der Waals surface area contributed by atoms with Gasteiger partial charge in [-0.25, -0.2) is 8.42 Å². The molecule has 4 heteroatoms. The first kappa shape index (κ1) is 13.7. The van der Waals surface area contributed by atoms with E-state index in [4.69, 9.17) is 0 Å². The molecule has 1 aliphatic heterocycles. The molecule has 0 saturated heterocycles. The van der Waals surface area contributed by atoms with E-state index in [-0.39, 0.29) is 0 Å². The van der Waals surface area contributed by atoms with Gasteiger partial charge in [0, 0.05) is 9.79 Å². The van der Waals surface area contributed by atoms with Gasteiger partial charge < -0.3 is 0 Å². The van der Waals surface area contributed by atoms with Crippen molar-refractivity contribution in [1.29, 1.82) is 0 Å². The minimum Gasteiger partial charge on any atom is -0.218 e. The lowest BCUT2D eigenvalue weighted by molar-refractivity contribution is 0.590. The number of fused-ring (bicyclic) bond motifs is 2. The molecular weight excluding hydrogens is 288 g/mol. The van der Waals surface area contributed by atoms with E-state index < -0.39 is 9.84 Å². The van der Waals surface area contributed by atoms with E-state index in [1.807, 2.05) is 37.3 Å². The second-order valence-corrected chi connectivity index (χ2v) is 8.39. The van der Waals surface area contributed by atoms with Gasteiger partial charge in [-0.3, -0.25) is 0 Å². The topological polar surface area (TPSA) is 34.1 Å². The molecule has 0 atom stereocenters. The molecule has 0 aliphatic carbocycles. The van der Waals surface area contributed by atoms with Crippen LogP contribution in [-0.2, 0) is 9.84 Å². The first-order valence-corrected chi connectivity index (χ1v) is 8.87. The summed E-state index contributed by atoms with van der Waals surface area (Å²) in [5.74, 6) is 0.319. The average molecular weight is 304 g/mol. The highest BCUT2D eigenvalue weighted by Crippen LogP contribution is 2.45. The molecule has 1 aliphatic rings. The smallest absolute Gasteiger partial charge is 0.208 e. The summed E-state index contributed by atoms with van der Waals surface area (Å²) in [6.07, 6.45) is 0. The molecule has 3 rings (SSSR count). The van der Waals surface area contributed by atoms with Crippen LogP contribution in [0.5, 0.6) is 0 Å². The standard InChI is InChI=1S/C16H16O2S2/c1-10(2)12-5-6-13-16(9-12)20(17,18)15-7-4-11(3)8-14(15)19-13/h4-10H,1-3H3. The minimum atomic E-state index is -3.39. The molecule has 0 amide bonds. The molecule has 2 nitrogen and oxygen atoms in total. The zero-order valence-electron chi connectivity index (χ0n) is 11.7. The number of hydrogen-bond acceptors (Lipinski definition) is 3. The van der Waals surface area contributed by atoms with Gasteiger partial charge in [0.2, 0.25) is 9.84 Å². The van der Waals surface area contributed by atoms with Crippen LogP contribution in [-0.4, -0.2) is 8.42 Å². The third-order valence-electron chi connectivity index (χ3n) is 3.53. The highest BCUT2D eigenvalue weighted by molar-refractivity contribution is 8.02. The minimum absolute atomic E-state index is 0.319. The van der Waals surface area contributed by atoms with E-state index in [2.05, 4.69) is 13.8 Å². The maximum atomic E-state index is 12.8. The van der Waals surface area contributed by atoms with Crippen molar-refractivity contribution in [3.05, 3.63) is 47.5 Å². The van der Waals surface area contributed by atoms with Gasteiger partial charge in [-0.05, 0) is 48.2 Å². The Balaban J connectivity index is 2.25. The summed E-state index contributed by atoms with van der Waals surface area (Å²) in [7, 11) is -3.39. The number of aryl methyl sites for hydroxylation is 1. The van der Waals surface area contributed by atoms with Crippen LogP contribution >= 0.6 is 11.8 Å². The fourth-order valence-corrected chi connectivity index (χ4v) is 5.62. The molecule has 0 bridgehead atoms. The Kier molecular flexibility index (Phi) is 3.18.